The summed E-state index contributed by atoms with van der Waals surface area (Å²) in [6, 6.07) is 0. The number of amides is 1. The van der Waals surface area contributed by atoms with Crippen LogP contribution in [0.4, 0.5) is 0 Å². The molecule has 6 heteroatoms. The van der Waals surface area contributed by atoms with Crippen molar-refractivity contribution in [3.63, 3.8) is 0 Å². The molecule has 2 aliphatic heterocycles. The number of hydrogen-bond acceptors (Lipinski definition) is 3. The van der Waals surface area contributed by atoms with E-state index in [2.05, 4.69) is 9.89 Å². The van der Waals surface area contributed by atoms with E-state index in [4.69, 9.17) is 5.11 Å². The van der Waals surface area contributed by atoms with E-state index in [-0.39, 0.29) is 20.9 Å². The molecule has 1 amide bonds. The van der Waals surface area contributed by atoms with Crippen LogP contribution in [0.2, 0.25) is 0 Å². The van der Waals surface area contributed by atoms with Crippen LogP contribution < -0.4 is 0 Å². The first-order valence-electron chi connectivity index (χ1n) is 5.17. The van der Waals surface area contributed by atoms with Gasteiger partial charge in [-0.25, -0.2) is 0 Å². The molecule has 86 valence electrons. The van der Waals surface area contributed by atoms with Gasteiger partial charge in [-0.05, 0) is 0 Å². The number of nitrogens with zero attached hydrogens (tertiary/aromatic N) is 2. The van der Waals surface area contributed by atoms with Crippen molar-refractivity contribution >= 4 is 31.6 Å². The molecule has 0 unspecified atom stereocenters. The van der Waals surface area contributed by atoms with Crippen LogP contribution in [-0.2, 0) is 9.59 Å². The summed E-state index contributed by atoms with van der Waals surface area (Å²) >= 11 is -0.229. The summed E-state index contributed by atoms with van der Waals surface area (Å²) in [5, 5.41) is 8.61. The van der Waals surface area contributed by atoms with Crippen LogP contribution in [0.15, 0.2) is 15.5 Å². The van der Waals surface area contributed by atoms with Crippen LogP contribution in [0.3, 0.4) is 0 Å². The van der Waals surface area contributed by atoms with Crippen LogP contribution in [0.5, 0.6) is 0 Å². The van der Waals surface area contributed by atoms with Gasteiger partial charge >= 0.3 is 99.1 Å². The van der Waals surface area contributed by atoms with Crippen LogP contribution in [0.25, 0.3) is 0 Å². The van der Waals surface area contributed by atoms with Gasteiger partial charge in [0.05, 0.1) is 0 Å². The summed E-state index contributed by atoms with van der Waals surface area (Å²) in [5.74, 6) is -1.44. The van der Waals surface area contributed by atoms with E-state index in [0.29, 0.717) is 4.47 Å². The maximum absolute atomic E-state index is 11.4. The predicted molar refractivity (Wildman–Crippen MR) is 59.3 cm³/mol. The molecular weight excluding hydrogens is 275 g/mol. The van der Waals surface area contributed by atoms with Crippen molar-refractivity contribution in [3.8, 4) is 0 Å². The van der Waals surface area contributed by atoms with Gasteiger partial charge in [0.1, 0.15) is 0 Å². The van der Waals surface area contributed by atoms with Crippen LogP contribution in [-0.4, -0.2) is 54.7 Å². The number of likely N-dealkylation sites (tertiary alicyclic amines) is 1. The SMILES string of the molecule is O=C(O)/C=C1\[Se]C(N2CCCCC2)=NC1=O. The molecule has 0 aliphatic carbocycles. The van der Waals surface area contributed by atoms with E-state index >= 15 is 0 Å². The van der Waals surface area contributed by atoms with Crippen molar-refractivity contribution in [2.45, 2.75) is 19.3 Å². The third-order valence-corrected chi connectivity index (χ3v) is 4.68. The molecular formula is C10H12N2O3Se. The second kappa shape index (κ2) is 4.80. The number of hydrogen-bond donors (Lipinski definition) is 1. The third kappa shape index (κ3) is 2.51. The average molecular weight is 287 g/mol. The first-order valence-corrected chi connectivity index (χ1v) is 6.88. The van der Waals surface area contributed by atoms with E-state index in [1.54, 1.807) is 0 Å². The monoisotopic (exact) mass is 288 g/mol. The first kappa shape index (κ1) is 11.4. The molecule has 0 saturated carbocycles. The van der Waals surface area contributed by atoms with Gasteiger partial charge in [-0.1, -0.05) is 0 Å². The second-order valence-corrected chi connectivity index (χ2v) is 5.81. The van der Waals surface area contributed by atoms with Gasteiger partial charge in [0.15, 0.2) is 0 Å². The molecule has 2 rings (SSSR count). The zero-order valence-electron chi connectivity index (χ0n) is 8.68. The zero-order valence-corrected chi connectivity index (χ0v) is 10.4. The molecule has 0 aromatic carbocycles. The van der Waals surface area contributed by atoms with E-state index in [1.165, 1.54) is 6.42 Å². The Bertz CT molecular complexity index is 384. The summed E-state index contributed by atoms with van der Waals surface area (Å²) in [6.45, 7) is 1.88. The van der Waals surface area contributed by atoms with Crippen molar-refractivity contribution in [2.24, 2.45) is 4.99 Å². The van der Waals surface area contributed by atoms with Gasteiger partial charge in [0.2, 0.25) is 0 Å². The molecule has 5 nitrogen and oxygen atoms in total. The number of aliphatic carboxylic acids is 1. The van der Waals surface area contributed by atoms with E-state index in [0.717, 1.165) is 36.7 Å². The van der Waals surface area contributed by atoms with Gasteiger partial charge in [-0.15, -0.1) is 0 Å². The number of carbonyl (C=O) groups is 2. The molecule has 16 heavy (non-hydrogen) atoms. The topological polar surface area (TPSA) is 70.0 Å². The normalized spacial score (nSPS) is 23.8. The van der Waals surface area contributed by atoms with Crippen LogP contribution in [0, 0.1) is 0 Å². The standard InChI is InChI=1S/C10H12N2O3Se/c13-8(14)6-7-9(15)11-10(16-7)12-4-2-1-3-5-12/h6H,1-5H2,(H,13,14)/b7-6-. The first-order chi connectivity index (χ1) is 7.66. The molecule has 1 saturated heterocycles. The number of carbonyl (C=O) groups excluding carboxylic acids is 1. The number of amidine groups is 1. The molecule has 0 aromatic rings. The Hall–Kier alpha value is -1.13. The summed E-state index contributed by atoms with van der Waals surface area (Å²) in [6.07, 6.45) is 4.47. The Labute approximate surface area is 99.4 Å². The number of aliphatic imine (C=N–C) groups is 1. The Morgan fingerprint density at radius 1 is 1.38 bits per heavy atom. The number of carboxylic acid groups (broad SMARTS) is 1. The van der Waals surface area contributed by atoms with Gasteiger partial charge in [-0.2, -0.15) is 0 Å². The molecule has 2 aliphatic rings. The Kier molecular flexibility index (Phi) is 3.41. The minimum atomic E-state index is -1.07. The average Bonchev–Trinajstić information content (AvgIpc) is 2.61. The van der Waals surface area contributed by atoms with E-state index in [9.17, 15) is 9.59 Å². The van der Waals surface area contributed by atoms with Crippen LogP contribution >= 0.6 is 0 Å². The van der Waals surface area contributed by atoms with Gasteiger partial charge in [0.25, 0.3) is 0 Å². The fourth-order valence-electron chi connectivity index (χ4n) is 1.73. The fraction of sp³-hybridized carbons (Fsp3) is 0.500. The Balaban J connectivity index is 2.06. The Morgan fingerprint density at radius 3 is 2.69 bits per heavy atom. The van der Waals surface area contributed by atoms with Gasteiger partial charge in [-0.3, -0.25) is 0 Å². The maximum atomic E-state index is 11.4. The molecule has 1 N–H and O–H groups in total. The van der Waals surface area contributed by atoms with E-state index in [1.807, 2.05) is 0 Å². The predicted octanol–water partition coefficient (Wildman–Crippen LogP) is 0.0412. The molecule has 1 fully saturated rings. The summed E-state index contributed by atoms with van der Waals surface area (Å²) in [4.78, 5) is 28.0. The molecule has 0 atom stereocenters. The van der Waals surface area contributed by atoms with Crippen molar-refractivity contribution < 1.29 is 14.7 Å². The summed E-state index contributed by atoms with van der Waals surface area (Å²) in [7, 11) is 0. The summed E-state index contributed by atoms with van der Waals surface area (Å²) < 4.78 is 1.14. The number of carboxylic acids is 1. The minimum absolute atomic E-state index is 0.229. The van der Waals surface area contributed by atoms with Gasteiger partial charge in [0, 0.05) is 0 Å². The van der Waals surface area contributed by atoms with Crippen molar-refractivity contribution in [3.05, 3.63) is 10.5 Å². The molecule has 2 heterocycles. The van der Waals surface area contributed by atoms with Crippen molar-refractivity contribution in [2.75, 3.05) is 13.1 Å². The van der Waals surface area contributed by atoms with E-state index < -0.39 is 5.97 Å². The quantitative estimate of drug-likeness (QED) is 0.546. The molecule has 0 aromatic heterocycles. The third-order valence-electron chi connectivity index (χ3n) is 2.49. The van der Waals surface area contributed by atoms with Crippen molar-refractivity contribution in [1.29, 1.82) is 0 Å². The fourth-order valence-corrected chi connectivity index (χ4v) is 3.68. The van der Waals surface area contributed by atoms with Gasteiger partial charge < -0.3 is 0 Å². The Morgan fingerprint density at radius 2 is 2.06 bits per heavy atom. The molecule has 0 spiro atoms. The molecule has 0 bridgehead atoms. The summed E-state index contributed by atoms with van der Waals surface area (Å²) in [5.41, 5.74) is 0. The molecule has 0 radical (unpaired) electrons. The zero-order chi connectivity index (χ0) is 11.5. The van der Waals surface area contributed by atoms with Crippen molar-refractivity contribution in [1.82, 2.24) is 4.90 Å². The number of piperidine rings is 1. The second-order valence-electron chi connectivity index (χ2n) is 3.70. The number of rotatable bonds is 1. The van der Waals surface area contributed by atoms with Crippen LogP contribution in [0.1, 0.15) is 19.3 Å².